The van der Waals surface area contributed by atoms with Gasteiger partial charge in [-0.25, -0.2) is 4.98 Å². The maximum atomic E-state index is 5.96. The van der Waals surface area contributed by atoms with Gasteiger partial charge in [0.2, 0.25) is 0 Å². The third-order valence-corrected chi connectivity index (χ3v) is 2.89. The number of benzene rings is 1. The minimum atomic E-state index is 0.597. The van der Waals surface area contributed by atoms with Gasteiger partial charge < -0.3 is 10.3 Å². The standard InChI is InChI=1S/C12H13Cl2N3/c13-10-5-9(6-11(14)8-10)7-12-16-2-4-17(12)3-1-15/h2,4-6,8H,1,3,7,15H2. The van der Waals surface area contributed by atoms with Crippen molar-refractivity contribution in [3.8, 4) is 0 Å². The maximum Gasteiger partial charge on any atom is 0.113 e. The smallest absolute Gasteiger partial charge is 0.113 e. The number of nitrogens with two attached hydrogens (primary N) is 1. The molecule has 5 heteroatoms. The van der Waals surface area contributed by atoms with Crippen molar-refractivity contribution in [1.82, 2.24) is 9.55 Å². The van der Waals surface area contributed by atoms with Gasteiger partial charge in [-0.2, -0.15) is 0 Å². The lowest BCUT2D eigenvalue weighted by Crippen LogP contribution is -2.12. The van der Waals surface area contributed by atoms with Gasteiger partial charge in [-0.1, -0.05) is 23.2 Å². The molecule has 0 saturated carbocycles. The normalized spacial score (nSPS) is 10.8. The van der Waals surface area contributed by atoms with Gasteiger partial charge in [-0.05, 0) is 23.8 Å². The van der Waals surface area contributed by atoms with E-state index in [4.69, 9.17) is 28.9 Å². The fourth-order valence-electron chi connectivity index (χ4n) is 1.75. The van der Waals surface area contributed by atoms with Crippen LogP contribution in [0, 0.1) is 0 Å². The lowest BCUT2D eigenvalue weighted by atomic mass is 10.1. The van der Waals surface area contributed by atoms with Crippen LogP contribution >= 0.6 is 23.2 Å². The first-order valence-corrected chi connectivity index (χ1v) is 6.09. The van der Waals surface area contributed by atoms with Crippen LogP contribution in [0.15, 0.2) is 30.6 Å². The monoisotopic (exact) mass is 269 g/mol. The van der Waals surface area contributed by atoms with Crippen molar-refractivity contribution in [1.29, 1.82) is 0 Å². The van der Waals surface area contributed by atoms with Gasteiger partial charge in [0, 0.05) is 41.9 Å². The second-order valence-corrected chi connectivity index (χ2v) is 4.65. The highest BCUT2D eigenvalue weighted by Gasteiger charge is 2.05. The fourth-order valence-corrected chi connectivity index (χ4v) is 2.32. The summed E-state index contributed by atoms with van der Waals surface area (Å²) in [6.07, 6.45) is 4.40. The molecular weight excluding hydrogens is 257 g/mol. The zero-order chi connectivity index (χ0) is 12.3. The summed E-state index contributed by atoms with van der Waals surface area (Å²) in [6.45, 7) is 1.36. The van der Waals surface area contributed by atoms with Gasteiger partial charge in [0.1, 0.15) is 5.82 Å². The molecular formula is C12H13Cl2N3. The summed E-state index contributed by atoms with van der Waals surface area (Å²) in [4.78, 5) is 4.31. The van der Waals surface area contributed by atoms with Gasteiger partial charge in [-0.15, -0.1) is 0 Å². The molecule has 1 heterocycles. The Morgan fingerprint density at radius 1 is 1.18 bits per heavy atom. The maximum absolute atomic E-state index is 5.96. The van der Waals surface area contributed by atoms with Crippen molar-refractivity contribution in [3.05, 3.63) is 52.0 Å². The van der Waals surface area contributed by atoms with Crippen LogP contribution < -0.4 is 5.73 Å². The van der Waals surface area contributed by atoms with E-state index in [9.17, 15) is 0 Å². The van der Waals surface area contributed by atoms with Crippen molar-refractivity contribution in [3.63, 3.8) is 0 Å². The number of aromatic nitrogens is 2. The zero-order valence-corrected chi connectivity index (χ0v) is 10.7. The predicted octanol–water partition coefficient (Wildman–Crippen LogP) is 2.74. The van der Waals surface area contributed by atoms with E-state index in [1.807, 2.05) is 22.9 Å². The predicted molar refractivity (Wildman–Crippen MR) is 70.5 cm³/mol. The Morgan fingerprint density at radius 3 is 2.53 bits per heavy atom. The lowest BCUT2D eigenvalue weighted by Gasteiger charge is -2.07. The Bertz CT molecular complexity index is 488. The van der Waals surface area contributed by atoms with Crippen LogP contribution in [0.2, 0.25) is 10.0 Å². The molecule has 1 aromatic carbocycles. The third kappa shape index (κ3) is 3.22. The Labute approximate surface area is 110 Å². The van der Waals surface area contributed by atoms with E-state index in [0.29, 0.717) is 23.0 Å². The number of imidazole rings is 1. The molecule has 1 aromatic heterocycles. The molecule has 0 aliphatic rings. The highest BCUT2D eigenvalue weighted by atomic mass is 35.5. The quantitative estimate of drug-likeness (QED) is 0.928. The highest BCUT2D eigenvalue weighted by Crippen LogP contribution is 2.20. The van der Waals surface area contributed by atoms with E-state index in [1.54, 1.807) is 12.3 Å². The van der Waals surface area contributed by atoms with Crippen LogP contribution in [0.3, 0.4) is 0 Å². The van der Waals surface area contributed by atoms with Gasteiger partial charge in [0.15, 0.2) is 0 Å². The molecule has 2 N–H and O–H groups in total. The molecule has 0 radical (unpaired) electrons. The number of rotatable bonds is 4. The molecule has 0 aliphatic heterocycles. The van der Waals surface area contributed by atoms with Crippen molar-refractivity contribution in [2.75, 3.05) is 6.54 Å². The topological polar surface area (TPSA) is 43.8 Å². The lowest BCUT2D eigenvalue weighted by molar-refractivity contribution is 0.671. The summed E-state index contributed by atoms with van der Waals surface area (Å²) >= 11 is 11.9. The van der Waals surface area contributed by atoms with Gasteiger partial charge in [-0.3, -0.25) is 0 Å². The minimum absolute atomic E-state index is 0.597. The fraction of sp³-hybridized carbons (Fsp3) is 0.250. The van der Waals surface area contributed by atoms with Crippen molar-refractivity contribution >= 4 is 23.2 Å². The molecule has 0 unspecified atom stereocenters. The molecule has 0 saturated heterocycles. The molecule has 0 bridgehead atoms. The number of hydrogen-bond acceptors (Lipinski definition) is 2. The Hall–Kier alpha value is -1.03. The molecule has 0 aliphatic carbocycles. The van der Waals surface area contributed by atoms with E-state index in [0.717, 1.165) is 17.9 Å². The van der Waals surface area contributed by atoms with Crippen LogP contribution in [-0.2, 0) is 13.0 Å². The van der Waals surface area contributed by atoms with E-state index in [-0.39, 0.29) is 0 Å². The molecule has 0 atom stereocenters. The second-order valence-electron chi connectivity index (χ2n) is 3.78. The zero-order valence-electron chi connectivity index (χ0n) is 9.24. The summed E-state index contributed by atoms with van der Waals surface area (Å²) in [6, 6.07) is 5.52. The molecule has 0 fully saturated rings. The second kappa shape index (κ2) is 5.54. The Morgan fingerprint density at radius 2 is 1.88 bits per heavy atom. The minimum Gasteiger partial charge on any atom is -0.333 e. The number of hydrogen-bond donors (Lipinski definition) is 1. The summed E-state index contributed by atoms with van der Waals surface area (Å²) in [5.41, 5.74) is 6.59. The van der Waals surface area contributed by atoms with Crippen LogP contribution in [0.5, 0.6) is 0 Å². The molecule has 90 valence electrons. The van der Waals surface area contributed by atoms with Gasteiger partial charge in [0.25, 0.3) is 0 Å². The van der Waals surface area contributed by atoms with Crippen LogP contribution in [0.1, 0.15) is 11.4 Å². The van der Waals surface area contributed by atoms with E-state index in [1.165, 1.54) is 0 Å². The Balaban J connectivity index is 2.22. The SMILES string of the molecule is NCCn1ccnc1Cc1cc(Cl)cc(Cl)c1. The van der Waals surface area contributed by atoms with Crippen molar-refractivity contribution in [2.24, 2.45) is 5.73 Å². The Kier molecular flexibility index (Phi) is 4.05. The molecule has 2 rings (SSSR count). The van der Waals surface area contributed by atoms with Crippen LogP contribution in [0.4, 0.5) is 0 Å². The van der Waals surface area contributed by atoms with Gasteiger partial charge in [0.05, 0.1) is 0 Å². The molecule has 3 nitrogen and oxygen atoms in total. The van der Waals surface area contributed by atoms with E-state index in [2.05, 4.69) is 4.98 Å². The first kappa shape index (κ1) is 12.4. The third-order valence-electron chi connectivity index (χ3n) is 2.46. The summed E-state index contributed by atoms with van der Waals surface area (Å²) in [5, 5.41) is 1.29. The average molecular weight is 270 g/mol. The first-order valence-electron chi connectivity index (χ1n) is 5.34. The number of halogens is 2. The van der Waals surface area contributed by atoms with E-state index >= 15 is 0 Å². The first-order chi connectivity index (χ1) is 8.19. The summed E-state index contributed by atoms with van der Waals surface area (Å²) < 4.78 is 2.04. The van der Waals surface area contributed by atoms with Crippen molar-refractivity contribution < 1.29 is 0 Å². The van der Waals surface area contributed by atoms with Crippen molar-refractivity contribution in [2.45, 2.75) is 13.0 Å². The molecule has 0 amide bonds. The van der Waals surface area contributed by atoms with Gasteiger partial charge >= 0.3 is 0 Å². The molecule has 2 aromatic rings. The number of nitrogens with zero attached hydrogens (tertiary/aromatic N) is 2. The molecule has 0 spiro atoms. The molecule has 17 heavy (non-hydrogen) atoms. The average Bonchev–Trinajstić information content (AvgIpc) is 2.65. The highest BCUT2D eigenvalue weighted by molar-refractivity contribution is 6.34. The van der Waals surface area contributed by atoms with Crippen LogP contribution in [0.25, 0.3) is 0 Å². The summed E-state index contributed by atoms with van der Waals surface area (Å²) in [7, 11) is 0. The summed E-state index contributed by atoms with van der Waals surface area (Å²) in [5.74, 6) is 0.966. The largest absolute Gasteiger partial charge is 0.333 e. The van der Waals surface area contributed by atoms with Crippen LogP contribution in [-0.4, -0.2) is 16.1 Å². The van der Waals surface area contributed by atoms with E-state index < -0.39 is 0 Å².